The number of imide groups is 1. The van der Waals surface area contributed by atoms with Crippen molar-refractivity contribution >= 4 is 40.6 Å². The summed E-state index contributed by atoms with van der Waals surface area (Å²) in [7, 11) is 0. The van der Waals surface area contributed by atoms with Crippen LogP contribution >= 0.6 is 23.4 Å². The molecule has 2 aromatic rings. The molecule has 0 radical (unpaired) electrons. The molecule has 0 N–H and O–H groups in total. The van der Waals surface area contributed by atoms with E-state index in [1.165, 1.54) is 12.1 Å². The average Bonchev–Trinajstić information content (AvgIpc) is 2.90. The maximum absolute atomic E-state index is 13.2. The Morgan fingerprint density at radius 3 is 2.78 bits per heavy atom. The minimum absolute atomic E-state index is 0.0103. The SMILES string of the molecule is C=CCOc1cccc(/C=C2\SC(=O)N(Cc3ccc(F)cc3Cl)C2=O)c1. The van der Waals surface area contributed by atoms with Gasteiger partial charge in [-0.3, -0.25) is 14.5 Å². The quantitative estimate of drug-likeness (QED) is 0.486. The van der Waals surface area contributed by atoms with Gasteiger partial charge in [0, 0.05) is 5.02 Å². The van der Waals surface area contributed by atoms with E-state index in [0.717, 1.165) is 28.3 Å². The van der Waals surface area contributed by atoms with E-state index in [1.807, 2.05) is 6.07 Å². The fraction of sp³-hybridized carbons (Fsp3) is 0.100. The number of carbonyl (C=O) groups excluding carboxylic acids is 2. The molecule has 4 nitrogen and oxygen atoms in total. The first-order valence-electron chi connectivity index (χ1n) is 8.01. The van der Waals surface area contributed by atoms with Crippen molar-refractivity contribution in [2.24, 2.45) is 0 Å². The summed E-state index contributed by atoms with van der Waals surface area (Å²) >= 11 is 6.85. The molecule has 0 spiro atoms. The molecule has 0 aromatic heterocycles. The maximum Gasteiger partial charge on any atom is 0.293 e. The number of amides is 2. The van der Waals surface area contributed by atoms with E-state index in [4.69, 9.17) is 16.3 Å². The van der Waals surface area contributed by atoms with Crippen molar-refractivity contribution in [2.75, 3.05) is 6.61 Å². The van der Waals surface area contributed by atoms with Gasteiger partial charge in [0.05, 0.1) is 11.4 Å². The standard InChI is InChI=1S/C20H15ClFNO3S/c1-2-8-26-16-5-3-4-13(9-16)10-18-19(24)23(20(25)27-18)12-14-6-7-15(22)11-17(14)21/h2-7,9-11H,1,8,12H2/b18-10-. The highest BCUT2D eigenvalue weighted by atomic mass is 35.5. The molecular formula is C20H15ClFNO3S. The molecular weight excluding hydrogens is 389 g/mol. The van der Waals surface area contributed by atoms with Gasteiger partial charge >= 0.3 is 0 Å². The summed E-state index contributed by atoms with van der Waals surface area (Å²) in [6, 6.07) is 11.0. The second kappa shape index (κ2) is 8.41. The minimum atomic E-state index is -0.476. The largest absolute Gasteiger partial charge is 0.490 e. The monoisotopic (exact) mass is 403 g/mol. The number of carbonyl (C=O) groups is 2. The Hall–Kier alpha value is -2.57. The van der Waals surface area contributed by atoms with Crippen LogP contribution in [-0.2, 0) is 11.3 Å². The zero-order chi connectivity index (χ0) is 19.4. The second-order valence-corrected chi connectivity index (χ2v) is 7.08. The molecule has 3 rings (SSSR count). The molecule has 138 valence electrons. The molecule has 27 heavy (non-hydrogen) atoms. The molecule has 1 aliphatic heterocycles. The molecule has 1 saturated heterocycles. The van der Waals surface area contributed by atoms with Gasteiger partial charge in [0.2, 0.25) is 0 Å². The van der Waals surface area contributed by atoms with Gasteiger partial charge in [-0.05, 0) is 53.2 Å². The first-order chi connectivity index (χ1) is 13.0. The molecule has 0 atom stereocenters. The van der Waals surface area contributed by atoms with Gasteiger partial charge in [-0.1, -0.05) is 42.5 Å². The van der Waals surface area contributed by atoms with Crippen molar-refractivity contribution in [3.8, 4) is 5.75 Å². The number of benzene rings is 2. The van der Waals surface area contributed by atoms with Crippen LogP contribution < -0.4 is 4.74 Å². The van der Waals surface area contributed by atoms with Gasteiger partial charge < -0.3 is 4.74 Å². The molecule has 1 aliphatic rings. The number of rotatable bonds is 6. The third kappa shape index (κ3) is 4.59. The van der Waals surface area contributed by atoms with Crippen molar-refractivity contribution < 1.29 is 18.7 Å². The van der Waals surface area contributed by atoms with Crippen LogP contribution in [0.15, 0.2) is 60.0 Å². The minimum Gasteiger partial charge on any atom is -0.490 e. The van der Waals surface area contributed by atoms with E-state index in [-0.39, 0.29) is 11.6 Å². The molecule has 0 aliphatic carbocycles. The Bertz CT molecular complexity index is 945. The smallest absolute Gasteiger partial charge is 0.293 e. The molecule has 0 saturated carbocycles. The molecule has 2 aromatic carbocycles. The Kier molecular flexibility index (Phi) is 5.98. The van der Waals surface area contributed by atoms with Gasteiger partial charge in [0.25, 0.3) is 11.1 Å². The van der Waals surface area contributed by atoms with E-state index < -0.39 is 17.0 Å². The second-order valence-electron chi connectivity index (χ2n) is 5.68. The van der Waals surface area contributed by atoms with E-state index in [2.05, 4.69) is 6.58 Å². The van der Waals surface area contributed by atoms with Crippen molar-refractivity contribution in [3.05, 3.63) is 82.0 Å². The zero-order valence-electron chi connectivity index (χ0n) is 14.2. The van der Waals surface area contributed by atoms with Crippen LogP contribution in [0.5, 0.6) is 5.75 Å². The third-order valence-corrected chi connectivity index (χ3v) is 5.00. The topological polar surface area (TPSA) is 46.6 Å². The lowest BCUT2D eigenvalue weighted by Gasteiger charge is -2.13. The summed E-state index contributed by atoms with van der Waals surface area (Å²) in [4.78, 5) is 26.3. The van der Waals surface area contributed by atoms with E-state index in [0.29, 0.717) is 22.8 Å². The van der Waals surface area contributed by atoms with Crippen LogP contribution in [0, 0.1) is 5.82 Å². The van der Waals surface area contributed by atoms with Crippen LogP contribution in [0.3, 0.4) is 0 Å². The number of hydrogen-bond donors (Lipinski definition) is 0. The molecule has 0 unspecified atom stereocenters. The van der Waals surface area contributed by atoms with Gasteiger partial charge in [0.1, 0.15) is 18.2 Å². The fourth-order valence-electron chi connectivity index (χ4n) is 2.46. The molecule has 1 fully saturated rings. The highest BCUT2D eigenvalue weighted by molar-refractivity contribution is 8.18. The normalized spacial score (nSPS) is 15.5. The van der Waals surface area contributed by atoms with Crippen LogP contribution in [0.25, 0.3) is 6.08 Å². The van der Waals surface area contributed by atoms with Crippen LogP contribution in [0.1, 0.15) is 11.1 Å². The Morgan fingerprint density at radius 2 is 2.04 bits per heavy atom. The molecule has 7 heteroatoms. The first kappa shape index (κ1) is 19.2. The van der Waals surface area contributed by atoms with E-state index in [9.17, 15) is 14.0 Å². The van der Waals surface area contributed by atoms with Crippen molar-refractivity contribution in [1.82, 2.24) is 4.90 Å². The maximum atomic E-state index is 13.2. The fourth-order valence-corrected chi connectivity index (χ4v) is 3.52. The predicted molar refractivity (Wildman–Crippen MR) is 105 cm³/mol. The van der Waals surface area contributed by atoms with Crippen LogP contribution in [-0.4, -0.2) is 22.7 Å². The van der Waals surface area contributed by atoms with Crippen molar-refractivity contribution in [3.63, 3.8) is 0 Å². The molecule has 0 bridgehead atoms. The summed E-state index contributed by atoms with van der Waals surface area (Å²) in [6.45, 7) is 3.96. The highest BCUT2D eigenvalue weighted by Gasteiger charge is 2.35. The Balaban J connectivity index is 1.79. The van der Waals surface area contributed by atoms with Crippen LogP contribution in [0.4, 0.5) is 9.18 Å². The molecule has 1 heterocycles. The number of thioether (sulfide) groups is 1. The number of ether oxygens (including phenoxy) is 1. The summed E-state index contributed by atoms with van der Waals surface area (Å²) in [5, 5.41) is -0.226. The van der Waals surface area contributed by atoms with Gasteiger partial charge in [-0.25, -0.2) is 4.39 Å². The van der Waals surface area contributed by atoms with Gasteiger partial charge in [-0.2, -0.15) is 0 Å². The summed E-state index contributed by atoms with van der Waals surface area (Å²) in [5.74, 6) is -0.250. The number of hydrogen-bond acceptors (Lipinski definition) is 4. The third-order valence-electron chi connectivity index (χ3n) is 3.74. The van der Waals surface area contributed by atoms with Gasteiger partial charge in [-0.15, -0.1) is 0 Å². The van der Waals surface area contributed by atoms with Crippen molar-refractivity contribution in [1.29, 1.82) is 0 Å². The lowest BCUT2D eigenvalue weighted by Crippen LogP contribution is -2.27. The van der Waals surface area contributed by atoms with E-state index in [1.54, 1.807) is 30.4 Å². The Labute approximate surface area is 165 Å². The van der Waals surface area contributed by atoms with Crippen LogP contribution in [0.2, 0.25) is 5.02 Å². The first-order valence-corrected chi connectivity index (χ1v) is 9.20. The predicted octanol–water partition coefficient (Wildman–Crippen LogP) is 5.28. The molecule has 2 amide bonds. The van der Waals surface area contributed by atoms with Crippen molar-refractivity contribution in [2.45, 2.75) is 6.54 Å². The van der Waals surface area contributed by atoms with E-state index >= 15 is 0 Å². The highest BCUT2D eigenvalue weighted by Crippen LogP contribution is 2.34. The summed E-state index contributed by atoms with van der Waals surface area (Å²) in [6.07, 6.45) is 3.27. The average molecular weight is 404 g/mol. The number of nitrogens with zero attached hydrogens (tertiary/aromatic N) is 1. The van der Waals surface area contributed by atoms with Gasteiger partial charge in [0.15, 0.2) is 0 Å². The Morgan fingerprint density at radius 1 is 1.22 bits per heavy atom. The zero-order valence-corrected chi connectivity index (χ0v) is 15.7. The lowest BCUT2D eigenvalue weighted by atomic mass is 10.2. The number of halogens is 2. The lowest BCUT2D eigenvalue weighted by molar-refractivity contribution is -0.123. The summed E-state index contributed by atoms with van der Waals surface area (Å²) < 4.78 is 18.6. The summed E-state index contributed by atoms with van der Waals surface area (Å²) in [5.41, 5.74) is 1.24.